The number of benzene rings is 1. The number of hydrogen-bond donors (Lipinski definition) is 6. The van der Waals surface area contributed by atoms with Gasteiger partial charge in [-0.2, -0.15) is 0 Å². The van der Waals surface area contributed by atoms with Crippen molar-refractivity contribution in [2.24, 2.45) is 17.6 Å². The van der Waals surface area contributed by atoms with Crippen molar-refractivity contribution in [3.05, 3.63) is 39.7 Å². The molecule has 11 heteroatoms. The highest BCUT2D eigenvalue weighted by atomic mass is 16.3. The number of nitrogens with one attached hydrogen (secondary N) is 1. The van der Waals surface area contributed by atoms with Gasteiger partial charge in [-0.15, -0.1) is 0 Å². The Bertz CT molecular complexity index is 1300. The fraction of sp³-hybridized carbons (Fsp3) is 0.536. The Morgan fingerprint density at radius 3 is 2.41 bits per heavy atom. The number of anilines is 1. The predicted molar refractivity (Wildman–Crippen MR) is 145 cm³/mol. The zero-order valence-corrected chi connectivity index (χ0v) is 23.0. The lowest BCUT2D eigenvalue weighted by molar-refractivity contribution is -0.153. The number of unbranched alkanes of at least 4 members (excludes halogenated alkanes) is 1. The van der Waals surface area contributed by atoms with Gasteiger partial charge in [0.2, 0.25) is 5.78 Å². The molecule has 7 N–H and O–H groups in total. The highest BCUT2D eigenvalue weighted by molar-refractivity contribution is 6.24. The minimum atomic E-state index is -2.65. The van der Waals surface area contributed by atoms with Gasteiger partial charge < -0.3 is 36.4 Å². The zero-order chi connectivity index (χ0) is 29.0. The summed E-state index contributed by atoms with van der Waals surface area (Å²) in [7, 11) is 6.84. The van der Waals surface area contributed by atoms with Crippen LogP contribution in [0, 0.1) is 11.8 Å². The van der Waals surface area contributed by atoms with E-state index >= 15 is 0 Å². The fourth-order valence-corrected chi connectivity index (χ4v) is 6.40. The van der Waals surface area contributed by atoms with Gasteiger partial charge >= 0.3 is 0 Å². The largest absolute Gasteiger partial charge is 0.508 e. The van der Waals surface area contributed by atoms with Crippen LogP contribution in [0.4, 0.5) is 5.69 Å². The zero-order valence-electron chi connectivity index (χ0n) is 23.0. The lowest BCUT2D eigenvalue weighted by atomic mass is 9.57. The fourth-order valence-electron chi connectivity index (χ4n) is 6.40. The van der Waals surface area contributed by atoms with E-state index in [4.69, 9.17) is 5.73 Å². The van der Waals surface area contributed by atoms with Crippen LogP contribution in [0.2, 0.25) is 0 Å². The third-order valence-corrected chi connectivity index (χ3v) is 8.28. The van der Waals surface area contributed by atoms with Gasteiger partial charge in [-0.3, -0.25) is 19.3 Å². The summed E-state index contributed by atoms with van der Waals surface area (Å²) in [5, 5.41) is 48.8. The number of phenolic OH excluding ortho intramolecular Hbond substituents is 1. The number of Topliss-reactive ketones (excluding diaryl/α,β-unsaturated/α-hetero) is 2. The topological polar surface area (TPSA) is 177 Å². The van der Waals surface area contributed by atoms with E-state index in [-0.39, 0.29) is 29.7 Å². The molecule has 0 aromatic heterocycles. The number of nitrogens with two attached hydrogens (primary N) is 1. The molecular formula is C28H38N4O7. The molecule has 0 radical (unpaired) electrons. The number of aromatic hydroxyl groups is 1. The number of likely N-dealkylation sites (N-methyl/N-ethyl adjacent to an activating group) is 1. The summed E-state index contributed by atoms with van der Waals surface area (Å²) in [6.07, 6.45) is 2.27. The summed E-state index contributed by atoms with van der Waals surface area (Å²) in [6.45, 7) is 3.15. The van der Waals surface area contributed by atoms with Crippen molar-refractivity contribution in [2.75, 3.05) is 39.6 Å². The number of aliphatic hydroxyl groups excluding tert-OH is 2. The summed E-state index contributed by atoms with van der Waals surface area (Å²) in [6, 6.07) is 0.744. The third kappa shape index (κ3) is 4.29. The molecule has 1 aromatic carbocycles. The number of fused-ring (bicyclic) bond motifs is 3. The molecule has 0 bridgehead atoms. The first-order valence-corrected chi connectivity index (χ1v) is 13.2. The molecule has 1 amide bonds. The molecule has 1 fully saturated rings. The molecule has 1 aromatic rings. The first-order valence-electron chi connectivity index (χ1n) is 13.2. The number of hydrogen-bond acceptors (Lipinski definition) is 10. The number of carbonyl (C=O) groups is 3. The quantitative estimate of drug-likeness (QED) is 0.205. The molecule has 0 heterocycles. The molecule has 1 saturated carbocycles. The molecule has 0 saturated heterocycles. The first kappa shape index (κ1) is 28.6. The van der Waals surface area contributed by atoms with E-state index in [9.17, 15) is 34.8 Å². The van der Waals surface area contributed by atoms with Crippen LogP contribution in [-0.4, -0.2) is 89.2 Å². The number of aliphatic hydroxyl groups is 3. The van der Waals surface area contributed by atoms with Crippen LogP contribution in [0.3, 0.4) is 0 Å². The maximum atomic E-state index is 14.0. The Kier molecular flexibility index (Phi) is 7.54. The van der Waals surface area contributed by atoms with Gasteiger partial charge in [-0.25, -0.2) is 0 Å². The molecule has 0 spiro atoms. The van der Waals surface area contributed by atoms with Gasteiger partial charge in [-0.05, 0) is 57.5 Å². The van der Waals surface area contributed by atoms with Crippen molar-refractivity contribution < 1.29 is 34.8 Å². The predicted octanol–water partition coefficient (Wildman–Crippen LogP) is 0.920. The number of ketones is 2. The minimum Gasteiger partial charge on any atom is -0.508 e. The molecule has 0 unspecified atom stereocenters. The van der Waals surface area contributed by atoms with Gasteiger partial charge in [0.1, 0.15) is 22.8 Å². The Morgan fingerprint density at radius 2 is 1.85 bits per heavy atom. The highest BCUT2D eigenvalue weighted by Crippen LogP contribution is 2.54. The lowest BCUT2D eigenvalue weighted by Gasteiger charge is -2.50. The van der Waals surface area contributed by atoms with Crippen molar-refractivity contribution in [3.63, 3.8) is 0 Å². The Labute approximate surface area is 227 Å². The number of rotatable bonds is 8. The van der Waals surface area contributed by atoms with Crippen molar-refractivity contribution in [2.45, 2.75) is 50.8 Å². The monoisotopic (exact) mass is 542 g/mol. The molecule has 4 rings (SSSR count). The number of carbonyl (C=O) groups excluding carboxylic acids is 3. The van der Waals surface area contributed by atoms with Crippen LogP contribution in [0.1, 0.15) is 42.9 Å². The van der Waals surface area contributed by atoms with E-state index in [1.807, 2.05) is 25.1 Å². The van der Waals surface area contributed by atoms with E-state index in [2.05, 4.69) is 12.2 Å². The smallest absolute Gasteiger partial charge is 0.255 e. The summed E-state index contributed by atoms with van der Waals surface area (Å²) < 4.78 is 0. The van der Waals surface area contributed by atoms with Crippen molar-refractivity contribution in [1.29, 1.82) is 0 Å². The van der Waals surface area contributed by atoms with Crippen LogP contribution in [0.25, 0.3) is 5.76 Å². The summed E-state index contributed by atoms with van der Waals surface area (Å²) >= 11 is 0. The van der Waals surface area contributed by atoms with Crippen molar-refractivity contribution in [1.82, 2.24) is 10.2 Å². The molecule has 3 aliphatic carbocycles. The van der Waals surface area contributed by atoms with E-state index in [0.29, 0.717) is 17.7 Å². The number of phenols is 1. The summed E-state index contributed by atoms with van der Waals surface area (Å²) in [5.41, 5.74) is 3.79. The van der Waals surface area contributed by atoms with Crippen LogP contribution in [0.5, 0.6) is 5.75 Å². The molecule has 0 aliphatic heterocycles. The van der Waals surface area contributed by atoms with Crippen LogP contribution in [-0.2, 0) is 27.3 Å². The minimum absolute atomic E-state index is 0.0553. The first-order chi connectivity index (χ1) is 18.3. The summed E-state index contributed by atoms with van der Waals surface area (Å²) in [5.74, 6) is -6.51. The molecule has 3 aliphatic rings. The molecular weight excluding hydrogens is 504 g/mol. The second kappa shape index (κ2) is 10.3. The standard InChI is InChI=1S/C28H38N4O7/c1-6-7-8-30-12-14-11-17(31(2)3)15-9-13-10-16-21(32(4)5)24(35)20(27(29)38)26(37)28(16,39)25(36)18(13)23(34)19(15)22(14)33/h11,13,16,21,30,33-34,37,39H,6-10,12H2,1-5H3,(H2,29,38)/t13-,16-,21-,28-/m1/s1. The van der Waals surface area contributed by atoms with Gasteiger partial charge in [0.25, 0.3) is 5.91 Å². The number of primary amides is 1. The summed E-state index contributed by atoms with van der Waals surface area (Å²) in [4.78, 5) is 42.7. The molecule has 4 atom stereocenters. The lowest BCUT2D eigenvalue weighted by Crippen LogP contribution is -2.65. The second-order valence-corrected chi connectivity index (χ2v) is 11.1. The maximum Gasteiger partial charge on any atom is 0.255 e. The molecule has 11 nitrogen and oxygen atoms in total. The SMILES string of the molecule is CCCCNCc1cc(N(C)C)c2c(c1O)C(O)=C1C(=O)[C@@]3(O)C(O)=C(C(N)=O)C(=O)[C@H](N(C)C)[C@H]3C[C@H]1C2. The number of amides is 1. The normalized spacial score (nSPS) is 26.5. The second-order valence-electron chi connectivity index (χ2n) is 11.1. The van der Waals surface area contributed by atoms with Gasteiger partial charge in [0, 0.05) is 43.4 Å². The third-order valence-electron chi connectivity index (χ3n) is 8.28. The Balaban J connectivity index is 1.92. The molecule has 212 valence electrons. The van der Waals surface area contributed by atoms with E-state index < -0.39 is 58.0 Å². The Morgan fingerprint density at radius 1 is 1.18 bits per heavy atom. The van der Waals surface area contributed by atoms with Gasteiger partial charge in [0.15, 0.2) is 11.4 Å². The van der Waals surface area contributed by atoms with Crippen molar-refractivity contribution in [3.8, 4) is 5.75 Å². The van der Waals surface area contributed by atoms with Crippen molar-refractivity contribution >= 4 is 28.9 Å². The number of nitrogens with zero attached hydrogens (tertiary/aromatic N) is 2. The maximum absolute atomic E-state index is 14.0. The van der Waals surface area contributed by atoms with E-state index in [0.717, 1.165) is 25.1 Å². The highest BCUT2D eigenvalue weighted by Gasteiger charge is 2.64. The average Bonchev–Trinajstić information content (AvgIpc) is 2.84. The van der Waals surface area contributed by atoms with E-state index in [1.165, 1.54) is 4.90 Å². The van der Waals surface area contributed by atoms with Crippen LogP contribution in [0.15, 0.2) is 23.0 Å². The van der Waals surface area contributed by atoms with Crippen LogP contribution < -0.4 is 16.0 Å². The molecule has 39 heavy (non-hydrogen) atoms. The Hall–Kier alpha value is -3.41. The van der Waals surface area contributed by atoms with Gasteiger partial charge in [0.05, 0.1) is 11.6 Å². The van der Waals surface area contributed by atoms with Gasteiger partial charge in [-0.1, -0.05) is 13.3 Å². The van der Waals surface area contributed by atoms with E-state index in [1.54, 1.807) is 14.1 Å². The average molecular weight is 543 g/mol. The van der Waals surface area contributed by atoms with Crippen LogP contribution >= 0.6 is 0 Å².